The van der Waals surface area contributed by atoms with Crippen LogP contribution in [-0.4, -0.2) is 22.9 Å². The SMILES string of the molecule is O=[N+]([O-])c1cccc(C(C#Cc2ccccc2)N2CCCCC2)c1. The first-order chi connectivity index (χ1) is 11.7. The highest BCUT2D eigenvalue weighted by Gasteiger charge is 2.22. The summed E-state index contributed by atoms with van der Waals surface area (Å²) in [6.45, 7) is 1.97. The minimum Gasteiger partial charge on any atom is -0.286 e. The van der Waals surface area contributed by atoms with Crippen LogP contribution in [0.1, 0.15) is 36.4 Å². The second-order valence-electron chi connectivity index (χ2n) is 5.99. The van der Waals surface area contributed by atoms with E-state index in [4.69, 9.17) is 0 Å². The van der Waals surface area contributed by atoms with Crippen molar-refractivity contribution in [3.63, 3.8) is 0 Å². The highest BCUT2D eigenvalue weighted by atomic mass is 16.6. The van der Waals surface area contributed by atoms with Crippen molar-refractivity contribution in [1.82, 2.24) is 4.90 Å². The molecule has 1 aliphatic rings. The van der Waals surface area contributed by atoms with Gasteiger partial charge in [-0.25, -0.2) is 0 Å². The third-order valence-electron chi connectivity index (χ3n) is 4.28. The Balaban J connectivity index is 1.94. The lowest BCUT2D eigenvalue weighted by Crippen LogP contribution is -2.33. The molecule has 0 aromatic heterocycles. The van der Waals surface area contributed by atoms with Gasteiger partial charge >= 0.3 is 0 Å². The number of hydrogen-bond acceptors (Lipinski definition) is 3. The van der Waals surface area contributed by atoms with Gasteiger partial charge in [0.05, 0.1) is 11.0 Å². The molecule has 0 saturated carbocycles. The Hall–Kier alpha value is -2.64. The topological polar surface area (TPSA) is 46.4 Å². The summed E-state index contributed by atoms with van der Waals surface area (Å²) in [5, 5.41) is 11.1. The summed E-state index contributed by atoms with van der Waals surface area (Å²) in [5.74, 6) is 6.57. The van der Waals surface area contributed by atoms with E-state index in [0.29, 0.717) is 0 Å². The number of benzene rings is 2. The van der Waals surface area contributed by atoms with Crippen LogP contribution in [0.4, 0.5) is 5.69 Å². The Kier molecular flexibility index (Phi) is 5.25. The molecule has 24 heavy (non-hydrogen) atoms. The van der Waals surface area contributed by atoms with Crippen molar-refractivity contribution in [2.45, 2.75) is 25.3 Å². The van der Waals surface area contributed by atoms with Crippen molar-refractivity contribution in [3.8, 4) is 11.8 Å². The first-order valence-corrected chi connectivity index (χ1v) is 8.29. The number of piperidine rings is 1. The van der Waals surface area contributed by atoms with Crippen LogP contribution in [0.15, 0.2) is 54.6 Å². The van der Waals surface area contributed by atoms with Crippen LogP contribution in [0.3, 0.4) is 0 Å². The summed E-state index contributed by atoms with van der Waals surface area (Å²) in [5.41, 5.74) is 1.98. The summed E-state index contributed by atoms with van der Waals surface area (Å²) in [6, 6.07) is 16.6. The average molecular weight is 320 g/mol. The molecule has 0 aliphatic carbocycles. The molecule has 122 valence electrons. The van der Waals surface area contributed by atoms with E-state index in [1.807, 2.05) is 36.4 Å². The van der Waals surface area contributed by atoms with Crippen LogP contribution in [0.5, 0.6) is 0 Å². The Morgan fingerprint density at radius 1 is 1.00 bits per heavy atom. The number of nitro benzene ring substituents is 1. The van der Waals surface area contributed by atoms with Crippen molar-refractivity contribution < 1.29 is 4.92 Å². The first kappa shape index (κ1) is 16.2. The second-order valence-corrected chi connectivity index (χ2v) is 5.99. The molecule has 0 bridgehead atoms. The lowest BCUT2D eigenvalue weighted by atomic mass is 10.0. The van der Waals surface area contributed by atoms with Crippen LogP contribution in [-0.2, 0) is 0 Å². The van der Waals surface area contributed by atoms with E-state index in [2.05, 4.69) is 16.7 Å². The Labute approximate surface area is 142 Å². The van der Waals surface area contributed by atoms with Gasteiger partial charge in [0, 0.05) is 17.7 Å². The lowest BCUT2D eigenvalue weighted by Gasteiger charge is -2.31. The normalized spacial score (nSPS) is 16.0. The molecule has 3 rings (SSSR count). The number of hydrogen-bond donors (Lipinski definition) is 0. The maximum absolute atomic E-state index is 11.1. The summed E-state index contributed by atoms with van der Waals surface area (Å²) in [4.78, 5) is 13.1. The van der Waals surface area contributed by atoms with Gasteiger partial charge in [-0.15, -0.1) is 0 Å². The minimum atomic E-state index is -0.346. The molecule has 0 N–H and O–H groups in total. The molecular weight excluding hydrogens is 300 g/mol. The van der Waals surface area contributed by atoms with Gasteiger partial charge in [-0.2, -0.15) is 0 Å². The van der Waals surface area contributed by atoms with Gasteiger partial charge < -0.3 is 0 Å². The maximum Gasteiger partial charge on any atom is 0.269 e. The first-order valence-electron chi connectivity index (χ1n) is 8.29. The second kappa shape index (κ2) is 7.76. The quantitative estimate of drug-likeness (QED) is 0.484. The van der Waals surface area contributed by atoms with Crippen LogP contribution < -0.4 is 0 Å². The molecule has 1 atom stereocenters. The smallest absolute Gasteiger partial charge is 0.269 e. The third-order valence-corrected chi connectivity index (χ3v) is 4.28. The van der Waals surface area contributed by atoms with Crippen LogP contribution in [0.25, 0.3) is 0 Å². The monoisotopic (exact) mass is 320 g/mol. The maximum atomic E-state index is 11.1. The molecule has 4 nitrogen and oxygen atoms in total. The molecule has 0 spiro atoms. The average Bonchev–Trinajstić information content (AvgIpc) is 2.64. The van der Waals surface area contributed by atoms with Crippen molar-refractivity contribution in [3.05, 3.63) is 75.8 Å². The zero-order chi connectivity index (χ0) is 16.8. The fourth-order valence-corrected chi connectivity index (χ4v) is 3.04. The zero-order valence-electron chi connectivity index (χ0n) is 13.5. The summed E-state index contributed by atoms with van der Waals surface area (Å²) in [7, 11) is 0. The van der Waals surface area contributed by atoms with Gasteiger partial charge in [-0.1, -0.05) is 48.6 Å². The summed E-state index contributed by atoms with van der Waals surface area (Å²) < 4.78 is 0. The van der Waals surface area contributed by atoms with Crippen molar-refractivity contribution >= 4 is 5.69 Å². The molecule has 1 saturated heterocycles. The van der Waals surface area contributed by atoms with Crippen molar-refractivity contribution in [2.24, 2.45) is 0 Å². The van der Waals surface area contributed by atoms with E-state index >= 15 is 0 Å². The zero-order valence-corrected chi connectivity index (χ0v) is 13.5. The van der Waals surface area contributed by atoms with Gasteiger partial charge in [-0.05, 0) is 43.6 Å². The highest BCUT2D eigenvalue weighted by Crippen LogP contribution is 2.26. The van der Waals surface area contributed by atoms with Crippen LogP contribution >= 0.6 is 0 Å². The Morgan fingerprint density at radius 2 is 1.75 bits per heavy atom. The predicted molar refractivity (Wildman–Crippen MR) is 94.6 cm³/mol. The molecule has 1 aliphatic heterocycles. The van der Waals surface area contributed by atoms with Crippen LogP contribution in [0, 0.1) is 22.0 Å². The summed E-state index contributed by atoms with van der Waals surface area (Å²) >= 11 is 0. The molecule has 0 radical (unpaired) electrons. The van der Waals surface area contributed by atoms with E-state index in [1.54, 1.807) is 12.1 Å². The van der Waals surface area contributed by atoms with Gasteiger partial charge in [0.25, 0.3) is 5.69 Å². The fourth-order valence-electron chi connectivity index (χ4n) is 3.04. The molecule has 4 heteroatoms. The van der Waals surface area contributed by atoms with Crippen molar-refractivity contribution in [1.29, 1.82) is 0 Å². The number of nitro groups is 1. The van der Waals surface area contributed by atoms with Gasteiger partial charge in [0.15, 0.2) is 0 Å². The fraction of sp³-hybridized carbons (Fsp3) is 0.300. The lowest BCUT2D eigenvalue weighted by molar-refractivity contribution is -0.384. The van der Waals surface area contributed by atoms with E-state index in [0.717, 1.165) is 37.1 Å². The number of rotatable bonds is 3. The van der Waals surface area contributed by atoms with Gasteiger partial charge in [0.1, 0.15) is 0 Å². The molecule has 2 aromatic rings. The Bertz CT molecular complexity index is 756. The number of non-ortho nitro benzene ring substituents is 1. The molecular formula is C20H20N2O2. The van der Waals surface area contributed by atoms with E-state index in [1.165, 1.54) is 12.5 Å². The largest absolute Gasteiger partial charge is 0.286 e. The van der Waals surface area contributed by atoms with E-state index < -0.39 is 0 Å². The molecule has 0 amide bonds. The van der Waals surface area contributed by atoms with Gasteiger partial charge in [-0.3, -0.25) is 15.0 Å². The number of nitrogens with zero attached hydrogens (tertiary/aromatic N) is 2. The highest BCUT2D eigenvalue weighted by molar-refractivity contribution is 5.41. The third kappa shape index (κ3) is 4.01. The standard InChI is InChI=1S/C20H20N2O2/c23-22(24)19-11-7-10-18(16-19)20(21-14-5-2-6-15-21)13-12-17-8-3-1-4-9-17/h1,3-4,7-11,16,20H,2,5-6,14-15H2. The van der Waals surface area contributed by atoms with Crippen molar-refractivity contribution in [2.75, 3.05) is 13.1 Å². The van der Waals surface area contributed by atoms with Gasteiger partial charge in [0.2, 0.25) is 0 Å². The predicted octanol–water partition coefficient (Wildman–Crippen LogP) is 4.17. The molecule has 2 aromatic carbocycles. The van der Waals surface area contributed by atoms with Crippen LogP contribution in [0.2, 0.25) is 0 Å². The molecule has 1 heterocycles. The Morgan fingerprint density at radius 3 is 2.46 bits per heavy atom. The summed E-state index contributed by atoms with van der Waals surface area (Å²) in [6.07, 6.45) is 3.54. The number of likely N-dealkylation sites (tertiary alicyclic amines) is 1. The minimum absolute atomic E-state index is 0.106. The van der Waals surface area contributed by atoms with E-state index in [-0.39, 0.29) is 16.7 Å². The molecule has 1 fully saturated rings. The molecule has 1 unspecified atom stereocenters. The van der Waals surface area contributed by atoms with E-state index in [9.17, 15) is 10.1 Å².